The monoisotopic (exact) mass is 518 g/mol. The van der Waals surface area contributed by atoms with Gasteiger partial charge in [-0.2, -0.15) is 0 Å². The highest BCUT2D eigenvalue weighted by molar-refractivity contribution is 7.92. The highest BCUT2D eigenvalue weighted by Gasteiger charge is 2.45. The number of fused-ring (bicyclic) bond motifs is 1. The molecule has 2 atom stereocenters. The number of carbonyl (C=O) groups excluding carboxylic acids is 2. The maximum Gasteiger partial charge on any atom is 0.264 e. The molecule has 0 spiro atoms. The van der Waals surface area contributed by atoms with Crippen LogP contribution in [0.3, 0.4) is 0 Å². The lowest BCUT2D eigenvalue weighted by Crippen LogP contribution is -2.52. The second-order valence-corrected chi connectivity index (χ2v) is 12.1. The van der Waals surface area contributed by atoms with Gasteiger partial charge in [-0.25, -0.2) is 23.1 Å². The molecule has 4 rings (SSSR count). The molecule has 2 aromatic rings. The van der Waals surface area contributed by atoms with E-state index in [0.29, 0.717) is 29.7 Å². The minimum absolute atomic E-state index is 0.0403. The molecule has 8 nitrogen and oxygen atoms in total. The summed E-state index contributed by atoms with van der Waals surface area (Å²) >= 11 is 0. The Kier molecular flexibility index (Phi) is 7.49. The number of benzene rings is 2. The minimum atomic E-state index is -3.86. The molecule has 2 aliphatic heterocycles. The van der Waals surface area contributed by atoms with Crippen LogP contribution in [0.4, 0.5) is 4.39 Å². The van der Waals surface area contributed by atoms with Gasteiger partial charge in [0.15, 0.2) is 20.9 Å². The Morgan fingerprint density at radius 3 is 2.64 bits per heavy atom. The Morgan fingerprint density at radius 1 is 1.22 bits per heavy atom. The molecule has 0 bridgehead atoms. The van der Waals surface area contributed by atoms with E-state index in [0.717, 1.165) is 30.2 Å². The van der Waals surface area contributed by atoms with Gasteiger partial charge in [-0.3, -0.25) is 9.59 Å². The SMILES string of the molecule is Cc1ccc(-c2ccc3c(c2)CN(CC[C@](C)(C(=O)NOC2CCCCO2)S(C)(=O)=O)C3=O)c(F)c1. The van der Waals surface area contributed by atoms with E-state index in [4.69, 9.17) is 9.57 Å². The van der Waals surface area contributed by atoms with E-state index in [9.17, 15) is 22.4 Å². The van der Waals surface area contributed by atoms with Crippen LogP contribution in [-0.2, 0) is 30.8 Å². The Balaban J connectivity index is 1.45. The first-order valence-electron chi connectivity index (χ1n) is 12.0. The number of nitrogens with one attached hydrogen (secondary N) is 1. The van der Waals surface area contributed by atoms with Crippen LogP contribution in [-0.4, -0.2) is 55.6 Å². The lowest BCUT2D eigenvalue weighted by Gasteiger charge is -2.29. The number of carbonyl (C=O) groups is 2. The predicted octanol–water partition coefficient (Wildman–Crippen LogP) is 3.52. The number of sulfone groups is 1. The Bertz CT molecular complexity index is 1280. The molecular formula is C26H31FN2O6S. The van der Waals surface area contributed by atoms with Crippen LogP contribution in [0.15, 0.2) is 36.4 Å². The molecule has 0 radical (unpaired) electrons. The number of hydrogen-bond donors (Lipinski definition) is 1. The highest BCUT2D eigenvalue weighted by Crippen LogP contribution is 2.31. The zero-order valence-electron chi connectivity index (χ0n) is 20.7. The number of ether oxygens (including phenoxy) is 1. The van der Waals surface area contributed by atoms with Gasteiger partial charge >= 0.3 is 0 Å². The van der Waals surface area contributed by atoms with Crippen LogP contribution in [0.1, 0.15) is 54.1 Å². The number of halogens is 1. The summed E-state index contributed by atoms with van der Waals surface area (Å²) in [6.45, 7) is 3.93. The zero-order chi connectivity index (χ0) is 26.1. The molecule has 36 heavy (non-hydrogen) atoms. The number of hydroxylamine groups is 1. The van der Waals surface area contributed by atoms with E-state index < -0.39 is 26.8 Å². The standard InChI is InChI=1S/C26H31FN2O6S/c1-17-7-9-20(22(27)14-17)18-8-10-21-19(15-18)16-29(24(21)30)12-11-26(2,36(3,32)33)25(31)28-35-23-6-4-5-13-34-23/h7-10,14-15,23H,4-6,11-13,16H2,1-3H3,(H,28,31)/t23?,26-/m1/s1. The second-order valence-electron chi connectivity index (χ2n) is 9.68. The summed E-state index contributed by atoms with van der Waals surface area (Å²) < 4.78 is 43.3. The third kappa shape index (κ3) is 5.30. The van der Waals surface area contributed by atoms with Gasteiger partial charge in [0.1, 0.15) is 5.82 Å². The van der Waals surface area contributed by atoms with Crippen LogP contribution < -0.4 is 5.48 Å². The fraction of sp³-hybridized carbons (Fsp3) is 0.462. The normalized spacial score (nSPS) is 19.6. The first-order chi connectivity index (χ1) is 17.0. The van der Waals surface area contributed by atoms with E-state index in [1.165, 1.54) is 17.9 Å². The van der Waals surface area contributed by atoms with E-state index >= 15 is 0 Å². The van der Waals surface area contributed by atoms with E-state index in [-0.39, 0.29) is 31.2 Å². The largest absolute Gasteiger partial charge is 0.350 e. The molecule has 2 aromatic carbocycles. The Hall–Kier alpha value is -2.82. The van der Waals surface area contributed by atoms with Crippen molar-refractivity contribution in [3.8, 4) is 11.1 Å². The van der Waals surface area contributed by atoms with Gasteiger partial charge in [0.05, 0.1) is 0 Å². The predicted molar refractivity (Wildman–Crippen MR) is 132 cm³/mol. The molecule has 194 valence electrons. The molecule has 1 saturated heterocycles. The molecule has 0 aliphatic carbocycles. The molecule has 1 fully saturated rings. The van der Waals surface area contributed by atoms with Crippen molar-refractivity contribution in [2.45, 2.75) is 57.1 Å². The maximum absolute atomic E-state index is 14.5. The number of hydrogen-bond acceptors (Lipinski definition) is 6. The molecule has 1 N–H and O–H groups in total. The lowest BCUT2D eigenvalue weighted by atomic mass is 9.99. The summed E-state index contributed by atoms with van der Waals surface area (Å²) in [5, 5.41) is 0. The highest BCUT2D eigenvalue weighted by atomic mass is 32.2. The van der Waals surface area contributed by atoms with Gasteiger partial charge in [-0.05, 0) is 68.0 Å². The Labute approximate surface area is 210 Å². The van der Waals surface area contributed by atoms with Gasteiger partial charge < -0.3 is 9.64 Å². The summed E-state index contributed by atoms with van der Waals surface area (Å²) in [5.74, 6) is -1.41. The molecule has 2 aliphatic rings. The number of amides is 2. The van der Waals surface area contributed by atoms with Gasteiger partial charge in [0, 0.05) is 43.5 Å². The van der Waals surface area contributed by atoms with Crippen LogP contribution in [0, 0.1) is 12.7 Å². The summed E-state index contributed by atoms with van der Waals surface area (Å²) in [6, 6.07) is 10.1. The molecule has 0 aromatic heterocycles. The average Bonchev–Trinajstić information content (AvgIpc) is 3.15. The summed E-state index contributed by atoms with van der Waals surface area (Å²) in [4.78, 5) is 32.7. The maximum atomic E-state index is 14.5. The Morgan fingerprint density at radius 2 is 1.97 bits per heavy atom. The van der Waals surface area contributed by atoms with Crippen LogP contribution in [0.5, 0.6) is 0 Å². The number of nitrogens with zero attached hydrogens (tertiary/aromatic N) is 1. The summed E-state index contributed by atoms with van der Waals surface area (Å²) in [6.07, 6.45) is 2.65. The van der Waals surface area contributed by atoms with Crippen molar-refractivity contribution in [2.24, 2.45) is 0 Å². The molecule has 2 heterocycles. The lowest BCUT2D eigenvalue weighted by molar-refractivity contribution is -0.201. The van der Waals surface area contributed by atoms with Gasteiger partial charge in [-0.15, -0.1) is 0 Å². The number of rotatable bonds is 8. The smallest absolute Gasteiger partial charge is 0.264 e. The first kappa shape index (κ1) is 26.2. The molecule has 10 heteroatoms. The average molecular weight is 519 g/mol. The van der Waals surface area contributed by atoms with Crippen molar-refractivity contribution in [1.82, 2.24) is 10.4 Å². The summed E-state index contributed by atoms with van der Waals surface area (Å²) in [5.41, 5.74) is 5.37. The van der Waals surface area contributed by atoms with Crippen molar-refractivity contribution in [2.75, 3.05) is 19.4 Å². The third-order valence-corrected chi connectivity index (χ3v) is 9.02. The molecule has 1 unspecified atom stereocenters. The van der Waals surface area contributed by atoms with Crippen molar-refractivity contribution in [3.63, 3.8) is 0 Å². The molecule has 0 saturated carbocycles. The summed E-state index contributed by atoms with van der Waals surface area (Å²) in [7, 11) is -3.86. The van der Waals surface area contributed by atoms with E-state index in [2.05, 4.69) is 5.48 Å². The fourth-order valence-corrected chi connectivity index (χ4v) is 5.27. The third-order valence-electron chi connectivity index (χ3n) is 7.00. The minimum Gasteiger partial charge on any atom is -0.350 e. The zero-order valence-corrected chi connectivity index (χ0v) is 21.5. The van der Waals surface area contributed by atoms with Gasteiger partial charge in [0.2, 0.25) is 0 Å². The van der Waals surface area contributed by atoms with E-state index in [1.807, 2.05) is 13.0 Å². The van der Waals surface area contributed by atoms with Crippen molar-refractivity contribution < 1.29 is 32.0 Å². The topological polar surface area (TPSA) is 102 Å². The molecule has 2 amide bonds. The van der Waals surface area contributed by atoms with Crippen molar-refractivity contribution >= 4 is 21.7 Å². The van der Waals surface area contributed by atoms with Gasteiger partial charge in [0.25, 0.3) is 11.8 Å². The van der Waals surface area contributed by atoms with Crippen LogP contribution in [0.2, 0.25) is 0 Å². The number of aryl methyl sites for hydroxylation is 1. The quantitative estimate of drug-likeness (QED) is 0.537. The molecular weight excluding hydrogens is 487 g/mol. The first-order valence-corrected chi connectivity index (χ1v) is 13.8. The van der Waals surface area contributed by atoms with Crippen LogP contribution in [0.25, 0.3) is 11.1 Å². The van der Waals surface area contributed by atoms with E-state index in [1.54, 1.807) is 24.3 Å². The fourth-order valence-electron chi connectivity index (χ4n) is 4.43. The second kappa shape index (κ2) is 10.3. The van der Waals surface area contributed by atoms with Crippen molar-refractivity contribution in [1.29, 1.82) is 0 Å². The van der Waals surface area contributed by atoms with Crippen molar-refractivity contribution in [3.05, 3.63) is 58.9 Å². The van der Waals surface area contributed by atoms with Gasteiger partial charge in [-0.1, -0.05) is 18.2 Å². The van der Waals surface area contributed by atoms with Crippen LogP contribution >= 0.6 is 0 Å².